The first-order valence-corrected chi connectivity index (χ1v) is 7.28. The maximum absolute atomic E-state index is 14.3. The van der Waals surface area contributed by atoms with Crippen LogP contribution in [0, 0.1) is 12.7 Å². The van der Waals surface area contributed by atoms with Crippen LogP contribution in [0.15, 0.2) is 24.3 Å². The van der Waals surface area contributed by atoms with E-state index < -0.39 is 5.82 Å². The molecular weight excluding hydrogens is 253 g/mol. The van der Waals surface area contributed by atoms with Crippen LogP contribution in [-0.4, -0.2) is 18.4 Å². The molecule has 20 heavy (non-hydrogen) atoms. The molecule has 0 aliphatic carbocycles. The number of ketones is 1. The molecule has 1 fully saturated rings. The van der Waals surface area contributed by atoms with Crippen molar-refractivity contribution in [3.05, 3.63) is 41.2 Å². The Balaban J connectivity index is 2.37. The summed E-state index contributed by atoms with van der Waals surface area (Å²) in [6.07, 6.45) is 6.57. The SMILES string of the molecule is C/C=C\C(=O)c1c(C)cc(N2CCCCC2C)cc1F. The van der Waals surface area contributed by atoms with Crippen molar-refractivity contribution in [2.75, 3.05) is 11.4 Å². The van der Waals surface area contributed by atoms with Crippen LogP contribution >= 0.6 is 0 Å². The third-order valence-electron chi connectivity index (χ3n) is 3.97. The van der Waals surface area contributed by atoms with Crippen molar-refractivity contribution in [3.63, 3.8) is 0 Å². The number of carbonyl (C=O) groups excluding carboxylic acids is 1. The number of allylic oxidation sites excluding steroid dienone is 2. The Kier molecular flexibility index (Phi) is 4.58. The zero-order chi connectivity index (χ0) is 14.7. The minimum absolute atomic E-state index is 0.191. The lowest BCUT2D eigenvalue weighted by Crippen LogP contribution is -2.37. The molecule has 2 nitrogen and oxygen atoms in total. The van der Waals surface area contributed by atoms with Gasteiger partial charge in [0.05, 0.1) is 5.56 Å². The van der Waals surface area contributed by atoms with E-state index in [4.69, 9.17) is 0 Å². The highest BCUT2D eigenvalue weighted by Crippen LogP contribution is 2.28. The molecule has 1 aliphatic rings. The summed E-state index contributed by atoms with van der Waals surface area (Å²) in [5.74, 6) is -0.679. The van der Waals surface area contributed by atoms with Gasteiger partial charge in [0.15, 0.2) is 5.78 Å². The largest absolute Gasteiger partial charge is 0.369 e. The number of piperidine rings is 1. The fourth-order valence-electron chi connectivity index (χ4n) is 2.92. The Hall–Kier alpha value is -1.64. The van der Waals surface area contributed by atoms with Crippen molar-refractivity contribution in [1.29, 1.82) is 0 Å². The highest BCUT2D eigenvalue weighted by Gasteiger charge is 2.21. The van der Waals surface area contributed by atoms with E-state index in [1.54, 1.807) is 19.9 Å². The van der Waals surface area contributed by atoms with Gasteiger partial charge in [0.1, 0.15) is 5.82 Å². The number of hydrogen-bond donors (Lipinski definition) is 0. The molecule has 0 amide bonds. The second-order valence-corrected chi connectivity index (χ2v) is 5.52. The minimum atomic E-state index is -0.416. The van der Waals surface area contributed by atoms with Gasteiger partial charge in [0.2, 0.25) is 0 Å². The molecule has 0 bridgehead atoms. The Morgan fingerprint density at radius 1 is 1.40 bits per heavy atom. The number of nitrogens with zero attached hydrogens (tertiary/aromatic N) is 1. The summed E-state index contributed by atoms with van der Waals surface area (Å²) in [5.41, 5.74) is 1.79. The van der Waals surface area contributed by atoms with Crippen LogP contribution in [0.3, 0.4) is 0 Å². The molecule has 1 heterocycles. The van der Waals surface area contributed by atoms with E-state index in [0.717, 1.165) is 25.1 Å². The summed E-state index contributed by atoms with van der Waals surface area (Å²) in [6.45, 7) is 6.69. The molecule has 108 valence electrons. The van der Waals surface area contributed by atoms with Crippen molar-refractivity contribution in [2.45, 2.75) is 46.1 Å². The van der Waals surface area contributed by atoms with Crippen molar-refractivity contribution < 1.29 is 9.18 Å². The van der Waals surface area contributed by atoms with Crippen LogP contribution in [0.5, 0.6) is 0 Å². The van der Waals surface area contributed by atoms with Crippen molar-refractivity contribution in [2.24, 2.45) is 0 Å². The lowest BCUT2D eigenvalue weighted by atomic mass is 9.99. The number of hydrogen-bond acceptors (Lipinski definition) is 2. The average Bonchev–Trinajstić information content (AvgIpc) is 2.38. The molecular formula is C17H22FNO. The molecule has 3 heteroatoms. The van der Waals surface area contributed by atoms with Gasteiger partial charge in [-0.25, -0.2) is 4.39 Å². The van der Waals surface area contributed by atoms with Gasteiger partial charge in [-0.05, 0) is 63.8 Å². The van der Waals surface area contributed by atoms with Gasteiger partial charge >= 0.3 is 0 Å². The van der Waals surface area contributed by atoms with Crippen molar-refractivity contribution in [1.82, 2.24) is 0 Å². The fourth-order valence-corrected chi connectivity index (χ4v) is 2.92. The molecule has 1 aromatic rings. The molecule has 1 unspecified atom stereocenters. The van der Waals surface area contributed by atoms with Crippen LogP contribution in [0.1, 0.15) is 49.0 Å². The van der Waals surface area contributed by atoms with E-state index in [1.165, 1.54) is 18.6 Å². The summed E-state index contributed by atoms with van der Waals surface area (Å²) >= 11 is 0. The van der Waals surface area contributed by atoms with E-state index in [2.05, 4.69) is 11.8 Å². The van der Waals surface area contributed by atoms with Gasteiger partial charge in [-0.3, -0.25) is 4.79 Å². The third-order valence-corrected chi connectivity index (χ3v) is 3.97. The summed E-state index contributed by atoms with van der Waals surface area (Å²) in [4.78, 5) is 14.1. The molecule has 0 aromatic heterocycles. The summed E-state index contributed by atoms with van der Waals surface area (Å²) in [7, 11) is 0. The first-order valence-electron chi connectivity index (χ1n) is 7.28. The molecule has 1 aliphatic heterocycles. The molecule has 0 spiro atoms. The highest BCUT2D eigenvalue weighted by atomic mass is 19.1. The maximum atomic E-state index is 14.3. The third kappa shape index (κ3) is 2.92. The average molecular weight is 275 g/mol. The van der Waals surface area contributed by atoms with Gasteiger partial charge < -0.3 is 4.90 Å². The molecule has 0 saturated carbocycles. The van der Waals surface area contributed by atoms with Crippen LogP contribution in [0.25, 0.3) is 0 Å². The summed E-state index contributed by atoms with van der Waals surface area (Å²) < 4.78 is 14.3. The second kappa shape index (κ2) is 6.21. The quantitative estimate of drug-likeness (QED) is 0.606. The molecule has 1 saturated heterocycles. The maximum Gasteiger partial charge on any atom is 0.188 e. The molecule has 1 atom stereocenters. The van der Waals surface area contributed by atoms with Crippen molar-refractivity contribution >= 4 is 11.5 Å². The first-order chi connectivity index (χ1) is 9.54. The smallest absolute Gasteiger partial charge is 0.188 e. The first kappa shape index (κ1) is 14.8. The predicted octanol–water partition coefficient (Wildman–Crippen LogP) is 4.27. The Morgan fingerprint density at radius 2 is 2.15 bits per heavy atom. The summed E-state index contributed by atoms with van der Waals surface area (Å²) in [6, 6.07) is 3.87. The minimum Gasteiger partial charge on any atom is -0.369 e. The number of aryl methyl sites for hydroxylation is 1. The number of anilines is 1. The lowest BCUT2D eigenvalue weighted by molar-refractivity contribution is 0.104. The van der Waals surface area contributed by atoms with Gasteiger partial charge in [-0.15, -0.1) is 0 Å². The summed E-state index contributed by atoms with van der Waals surface area (Å²) in [5, 5.41) is 0. The van der Waals surface area contributed by atoms with Crippen LogP contribution in [-0.2, 0) is 0 Å². The molecule has 0 N–H and O–H groups in total. The molecule has 0 radical (unpaired) electrons. The molecule has 1 aromatic carbocycles. The second-order valence-electron chi connectivity index (χ2n) is 5.52. The van der Waals surface area contributed by atoms with Crippen LogP contribution in [0.2, 0.25) is 0 Å². The topological polar surface area (TPSA) is 20.3 Å². The number of carbonyl (C=O) groups is 1. The normalized spacial score (nSPS) is 19.6. The Labute approximate surface area is 120 Å². The zero-order valence-electron chi connectivity index (χ0n) is 12.4. The van der Waals surface area contributed by atoms with E-state index in [9.17, 15) is 9.18 Å². The zero-order valence-corrected chi connectivity index (χ0v) is 12.4. The Morgan fingerprint density at radius 3 is 2.75 bits per heavy atom. The number of rotatable bonds is 3. The fraction of sp³-hybridized carbons (Fsp3) is 0.471. The van der Waals surface area contributed by atoms with Crippen molar-refractivity contribution in [3.8, 4) is 0 Å². The van der Waals surface area contributed by atoms with Gasteiger partial charge in [0.25, 0.3) is 0 Å². The monoisotopic (exact) mass is 275 g/mol. The van der Waals surface area contributed by atoms with E-state index in [0.29, 0.717) is 11.6 Å². The Bertz CT molecular complexity index is 513. The molecule has 2 rings (SSSR count). The lowest BCUT2D eigenvalue weighted by Gasteiger charge is -2.35. The number of halogens is 1. The van der Waals surface area contributed by atoms with E-state index in [1.807, 2.05) is 6.07 Å². The highest BCUT2D eigenvalue weighted by molar-refractivity contribution is 6.06. The van der Waals surface area contributed by atoms with Gasteiger partial charge in [0, 0.05) is 18.3 Å². The standard InChI is InChI=1S/C17H22FNO/c1-4-7-16(20)17-12(2)10-14(11-15(17)18)19-9-6-5-8-13(19)3/h4,7,10-11,13H,5-6,8-9H2,1-3H3/b7-4-. The van der Waals surface area contributed by atoms with Crippen LogP contribution in [0.4, 0.5) is 10.1 Å². The van der Waals surface area contributed by atoms with Gasteiger partial charge in [-0.2, -0.15) is 0 Å². The number of benzene rings is 1. The van der Waals surface area contributed by atoms with E-state index in [-0.39, 0.29) is 11.3 Å². The van der Waals surface area contributed by atoms with Crippen LogP contribution < -0.4 is 4.90 Å². The van der Waals surface area contributed by atoms with Gasteiger partial charge in [-0.1, -0.05) is 6.08 Å². The predicted molar refractivity (Wildman–Crippen MR) is 80.9 cm³/mol. The van der Waals surface area contributed by atoms with E-state index >= 15 is 0 Å².